The third-order valence-corrected chi connectivity index (χ3v) is 14.9. The van der Waals surface area contributed by atoms with Crippen molar-refractivity contribution in [1.82, 2.24) is 0 Å². The summed E-state index contributed by atoms with van der Waals surface area (Å²) in [5, 5.41) is 19.5. The summed E-state index contributed by atoms with van der Waals surface area (Å²) >= 11 is 0. The van der Waals surface area contributed by atoms with Crippen LogP contribution in [-0.2, 0) is 0 Å². The van der Waals surface area contributed by atoms with Crippen LogP contribution >= 0.6 is 7.92 Å². The first kappa shape index (κ1) is 27.9. The van der Waals surface area contributed by atoms with Crippen LogP contribution in [0.15, 0.2) is 164 Å². The lowest BCUT2D eigenvalue weighted by Crippen LogP contribution is -2.43. The van der Waals surface area contributed by atoms with Crippen LogP contribution in [0.5, 0.6) is 11.5 Å². The van der Waals surface area contributed by atoms with Crippen molar-refractivity contribution >= 4 is 123 Å². The fraction of sp³-hybridized carbons (Fsp3) is 0. The van der Waals surface area contributed by atoms with Gasteiger partial charge in [-0.3, -0.25) is 0 Å². The lowest BCUT2D eigenvalue weighted by atomic mass is 9.93. The number of rotatable bonds is 2. The molecule has 0 bridgehead atoms. The van der Waals surface area contributed by atoms with Gasteiger partial charge in [0.05, 0.1) is 33.4 Å². The molecule has 3 nitrogen and oxygen atoms in total. The van der Waals surface area contributed by atoms with Crippen molar-refractivity contribution in [3.05, 3.63) is 164 Å². The zero-order chi connectivity index (χ0) is 34.8. The monoisotopic (exact) mass is 702 g/mol. The predicted octanol–water partition coefficient (Wildman–Crippen LogP) is 12.9. The van der Waals surface area contributed by atoms with Crippen LogP contribution < -0.4 is 30.5 Å². The van der Waals surface area contributed by atoms with Crippen molar-refractivity contribution in [3.8, 4) is 11.5 Å². The van der Waals surface area contributed by atoms with Gasteiger partial charge in [0.2, 0.25) is 0 Å². The Balaban J connectivity index is 1.06. The molecule has 54 heavy (non-hydrogen) atoms. The predicted molar refractivity (Wildman–Crippen MR) is 229 cm³/mol. The number of anilines is 6. The molecule has 0 N–H and O–H groups in total. The van der Waals surface area contributed by atoms with E-state index >= 15 is 0 Å². The Bertz CT molecular complexity index is 3110. The van der Waals surface area contributed by atoms with E-state index < -0.39 is 7.92 Å². The first-order chi connectivity index (χ1) is 26.8. The lowest BCUT2D eigenvalue weighted by Gasteiger charge is -2.47. The van der Waals surface area contributed by atoms with E-state index in [0.29, 0.717) is 0 Å². The molecule has 0 spiro atoms. The Kier molecular flexibility index (Phi) is 4.99. The quantitative estimate of drug-likeness (QED) is 0.132. The second kappa shape index (κ2) is 9.65. The molecular formula is C50H27N2OP. The van der Waals surface area contributed by atoms with E-state index in [4.69, 9.17) is 4.74 Å². The largest absolute Gasteiger partial charge is 0.456 e. The maximum atomic E-state index is 6.90. The molecule has 11 aromatic rings. The molecule has 4 heteroatoms. The van der Waals surface area contributed by atoms with E-state index in [1.165, 1.54) is 103 Å². The summed E-state index contributed by atoms with van der Waals surface area (Å²) < 4.78 is 6.90. The summed E-state index contributed by atoms with van der Waals surface area (Å²) in [7, 11) is -0.894. The third kappa shape index (κ3) is 3.34. The minimum absolute atomic E-state index is 0.894. The topological polar surface area (TPSA) is 15.7 Å². The van der Waals surface area contributed by atoms with Crippen LogP contribution in [0.25, 0.3) is 64.6 Å². The van der Waals surface area contributed by atoms with Crippen molar-refractivity contribution in [1.29, 1.82) is 0 Å². The summed E-state index contributed by atoms with van der Waals surface area (Å²) in [5.74, 6) is 1.92. The van der Waals surface area contributed by atoms with Gasteiger partial charge < -0.3 is 14.5 Å². The fourth-order valence-electron chi connectivity index (χ4n) is 10.1. The van der Waals surface area contributed by atoms with Crippen LogP contribution in [0.2, 0.25) is 0 Å². The second-order valence-corrected chi connectivity index (χ2v) is 17.0. The van der Waals surface area contributed by atoms with Crippen LogP contribution in [0, 0.1) is 0 Å². The van der Waals surface area contributed by atoms with Crippen LogP contribution in [0.1, 0.15) is 0 Å². The van der Waals surface area contributed by atoms with Gasteiger partial charge in [0, 0.05) is 24.6 Å². The number of hydrogen-bond donors (Lipinski definition) is 0. The van der Waals surface area contributed by atoms with E-state index in [1.54, 1.807) is 0 Å². The highest BCUT2D eigenvalue weighted by atomic mass is 31.1. The summed E-state index contributed by atoms with van der Waals surface area (Å²) in [6, 6.07) is 61.2. The van der Waals surface area contributed by atoms with Gasteiger partial charge in [-0.25, -0.2) is 0 Å². The SMILES string of the molecule is c1cc2c3c(c1)N(c1cc4ccc5cccc6ccc(c1)c4c56)c1cccc4c1P3c1c(cccc1N4c1cc3ccc4cccc5ccc(c1)c3c45)O2. The van der Waals surface area contributed by atoms with E-state index in [9.17, 15) is 0 Å². The van der Waals surface area contributed by atoms with E-state index in [1.807, 2.05) is 0 Å². The Hall–Kier alpha value is -6.67. The van der Waals surface area contributed by atoms with Crippen molar-refractivity contribution in [2.24, 2.45) is 0 Å². The molecule has 0 aromatic heterocycles. The second-order valence-electron chi connectivity index (χ2n) is 15.0. The molecule has 0 fully saturated rings. The third-order valence-electron chi connectivity index (χ3n) is 12.2. The fourth-order valence-corrected chi connectivity index (χ4v) is 13.1. The molecule has 3 aliphatic heterocycles. The molecule has 248 valence electrons. The molecule has 0 amide bonds. The zero-order valence-corrected chi connectivity index (χ0v) is 29.7. The minimum atomic E-state index is -0.894. The average molecular weight is 703 g/mol. The first-order valence-corrected chi connectivity index (χ1v) is 19.9. The van der Waals surface area contributed by atoms with Crippen LogP contribution in [0.4, 0.5) is 34.1 Å². The van der Waals surface area contributed by atoms with Crippen LogP contribution in [0.3, 0.4) is 0 Å². The molecule has 0 atom stereocenters. The zero-order valence-electron chi connectivity index (χ0n) is 28.8. The van der Waals surface area contributed by atoms with Gasteiger partial charge in [-0.2, -0.15) is 0 Å². The molecule has 0 unspecified atom stereocenters. The molecule has 0 aliphatic carbocycles. The molecular weight excluding hydrogens is 676 g/mol. The molecule has 0 radical (unpaired) electrons. The molecule has 0 saturated heterocycles. The smallest absolute Gasteiger partial charge is 0.137 e. The van der Waals surface area contributed by atoms with Gasteiger partial charge in [0.15, 0.2) is 0 Å². The minimum Gasteiger partial charge on any atom is -0.456 e. The van der Waals surface area contributed by atoms with Gasteiger partial charge in [0.25, 0.3) is 0 Å². The molecule has 3 aliphatic rings. The molecule has 0 saturated carbocycles. The summed E-state index contributed by atoms with van der Waals surface area (Å²) in [4.78, 5) is 5.01. The molecule has 3 heterocycles. The lowest BCUT2D eigenvalue weighted by molar-refractivity contribution is 0.488. The highest BCUT2D eigenvalue weighted by Gasteiger charge is 2.46. The number of nitrogens with zero attached hydrogens (tertiary/aromatic N) is 2. The van der Waals surface area contributed by atoms with E-state index in [0.717, 1.165) is 22.9 Å². The van der Waals surface area contributed by atoms with E-state index in [-0.39, 0.29) is 0 Å². The first-order valence-electron chi connectivity index (χ1n) is 18.6. The van der Waals surface area contributed by atoms with E-state index in [2.05, 4.69) is 174 Å². The Labute approximate surface area is 311 Å². The highest BCUT2D eigenvalue weighted by molar-refractivity contribution is 7.81. The Morgan fingerprint density at radius 3 is 1.04 bits per heavy atom. The van der Waals surface area contributed by atoms with Crippen LogP contribution in [-0.4, -0.2) is 0 Å². The normalized spacial score (nSPS) is 14.3. The Morgan fingerprint density at radius 1 is 0.315 bits per heavy atom. The summed E-state index contributed by atoms with van der Waals surface area (Å²) in [5.41, 5.74) is 7.20. The van der Waals surface area contributed by atoms with Gasteiger partial charge in [-0.15, -0.1) is 0 Å². The Morgan fingerprint density at radius 2 is 0.630 bits per heavy atom. The van der Waals surface area contributed by atoms with Crippen molar-refractivity contribution in [2.45, 2.75) is 0 Å². The summed E-state index contributed by atoms with van der Waals surface area (Å²) in [6.45, 7) is 0. The maximum Gasteiger partial charge on any atom is 0.137 e. The average Bonchev–Trinajstić information content (AvgIpc) is 3.22. The van der Waals surface area contributed by atoms with Crippen molar-refractivity contribution in [2.75, 3.05) is 9.80 Å². The van der Waals surface area contributed by atoms with Crippen molar-refractivity contribution in [3.63, 3.8) is 0 Å². The molecule has 14 rings (SSSR count). The number of ether oxygens (including phenoxy) is 1. The van der Waals surface area contributed by atoms with Gasteiger partial charge in [0.1, 0.15) is 11.5 Å². The van der Waals surface area contributed by atoms with Crippen molar-refractivity contribution < 1.29 is 4.74 Å². The number of hydrogen-bond acceptors (Lipinski definition) is 3. The maximum absolute atomic E-state index is 6.90. The number of benzene rings is 11. The summed E-state index contributed by atoms with van der Waals surface area (Å²) in [6.07, 6.45) is 0. The standard InChI is InChI=1S/C50H27N2OP/c1-6-28-16-20-32-24-36(25-33-21-17-29(7-1)44(28)46(32)33)51-38-10-3-11-39-48(38)54-49-40(51)12-4-14-42(49)53-43-15-5-13-41(50(43)54)52(39)37-26-34-22-18-30-8-2-9-31-19-23-35(27-37)47(34)45(30)31/h1-27H. The molecule has 11 aromatic carbocycles. The van der Waals surface area contributed by atoms with Gasteiger partial charge in [-0.05, 0) is 125 Å². The van der Waals surface area contributed by atoms with Gasteiger partial charge in [-0.1, -0.05) is 103 Å². The highest BCUT2D eigenvalue weighted by Crippen LogP contribution is 2.61. The van der Waals surface area contributed by atoms with Gasteiger partial charge >= 0.3 is 0 Å².